The van der Waals surface area contributed by atoms with Gasteiger partial charge in [0.2, 0.25) is 5.91 Å². The molecule has 0 fully saturated rings. The summed E-state index contributed by atoms with van der Waals surface area (Å²) in [6, 6.07) is 7.54. The summed E-state index contributed by atoms with van der Waals surface area (Å²) in [6.07, 6.45) is 1.41. The summed E-state index contributed by atoms with van der Waals surface area (Å²) >= 11 is 0. The summed E-state index contributed by atoms with van der Waals surface area (Å²) in [5, 5.41) is 2.88. The van der Waals surface area contributed by atoms with Gasteiger partial charge in [0.05, 0.1) is 19.3 Å². The number of rotatable bonds is 4. The van der Waals surface area contributed by atoms with E-state index in [1.807, 2.05) is 24.3 Å². The van der Waals surface area contributed by atoms with Gasteiger partial charge in [-0.1, -0.05) is 18.2 Å². The summed E-state index contributed by atoms with van der Waals surface area (Å²) in [5.74, 6) is -0.0141. The van der Waals surface area contributed by atoms with Gasteiger partial charge in [0.15, 0.2) is 0 Å². The number of para-hydroxylation sites is 1. The molecule has 0 bridgehead atoms. The predicted molar refractivity (Wildman–Crippen MR) is 73.3 cm³/mol. The van der Waals surface area contributed by atoms with Crippen molar-refractivity contribution in [1.29, 1.82) is 0 Å². The van der Waals surface area contributed by atoms with Gasteiger partial charge in [0.1, 0.15) is 12.2 Å². The number of carbonyl (C=O) groups is 2. The van der Waals surface area contributed by atoms with Crippen LogP contribution in [0, 0.1) is 0 Å². The first-order valence-electron chi connectivity index (χ1n) is 6.87. The fourth-order valence-electron chi connectivity index (χ4n) is 2.26. The third-order valence-electron chi connectivity index (χ3n) is 3.13. The summed E-state index contributed by atoms with van der Waals surface area (Å²) in [4.78, 5) is 23.2. The van der Waals surface area contributed by atoms with Crippen molar-refractivity contribution in [1.82, 2.24) is 5.32 Å². The van der Waals surface area contributed by atoms with E-state index >= 15 is 0 Å². The summed E-state index contributed by atoms with van der Waals surface area (Å²) in [5.41, 5.74) is 0.960. The van der Waals surface area contributed by atoms with E-state index in [-0.39, 0.29) is 25.0 Å². The van der Waals surface area contributed by atoms with Gasteiger partial charge in [-0.3, -0.25) is 9.59 Å². The van der Waals surface area contributed by atoms with Crippen LogP contribution in [-0.2, 0) is 14.3 Å². The lowest BCUT2D eigenvalue weighted by molar-refractivity contribution is -0.146. The lowest BCUT2D eigenvalue weighted by Gasteiger charge is -2.18. The molecule has 0 saturated heterocycles. The second-order valence-corrected chi connectivity index (χ2v) is 4.63. The Kier molecular flexibility index (Phi) is 4.98. The minimum Gasteiger partial charge on any atom is -0.493 e. The van der Waals surface area contributed by atoms with Gasteiger partial charge in [0, 0.05) is 5.56 Å². The van der Waals surface area contributed by atoms with Crippen molar-refractivity contribution in [3.8, 4) is 5.75 Å². The Labute approximate surface area is 118 Å². The number of amides is 1. The fraction of sp³-hybridized carbons (Fsp3) is 0.467. The Morgan fingerprint density at radius 3 is 3.00 bits per heavy atom. The van der Waals surface area contributed by atoms with Crippen molar-refractivity contribution in [3.05, 3.63) is 29.8 Å². The topological polar surface area (TPSA) is 64.6 Å². The molecule has 1 amide bonds. The molecule has 1 aromatic carbocycles. The van der Waals surface area contributed by atoms with Crippen LogP contribution in [0.4, 0.5) is 0 Å². The summed E-state index contributed by atoms with van der Waals surface area (Å²) in [6.45, 7) is 2.64. The number of hydrogen-bond acceptors (Lipinski definition) is 4. The largest absolute Gasteiger partial charge is 0.493 e. The molecule has 0 saturated carbocycles. The van der Waals surface area contributed by atoms with Gasteiger partial charge in [-0.25, -0.2) is 0 Å². The van der Waals surface area contributed by atoms with Crippen molar-refractivity contribution in [2.75, 3.05) is 13.2 Å². The molecule has 5 nitrogen and oxygen atoms in total. The van der Waals surface area contributed by atoms with Crippen molar-refractivity contribution >= 4 is 11.9 Å². The molecule has 0 aromatic heterocycles. The van der Waals surface area contributed by atoms with E-state index in [4.69, 9.17) is 9.47 Å². The number of esters is 1. The minimum absolute atomic E-state index is 0.115. The number of nitrogens with one attached hydrogen (secondary N) is 1. The maximum absolute atomic E-state index is 11.9. The SMILES string of the molecule is CCOC(=O)CC(=O)NC1CCCOc2ccccc21. The van der Waals surface area contributed by atoms with Crippen molar-refractivity contribution in [3.63, 3.8) is 0 Å². The van der Waals surface area contributed by atoms with Crippen LogP contribution in [0.5, 0.6) is 5.75 Å². The second-order valence-electron chi connectivity index (χ2n) is 4.63. The zero-order chi connectivity index (χ0) is 14.4. The molecule has 0 spiro atoms. The van der Waals surface area contributed by atoms with E-state index in [1.165, 1.54) is 0 Å². The Morgan fingerprint density at radius 1 is 1.40 bits per heavy atom. The van der Waals surface area contributed by atoms with E-state index in [1.54, 1.807) is 6.92 Å². The summed E-state index contributed by atoms with van der Waals surface area (Å²) in [7, 11) is 0. The highest BCUT2D eigenvalue weighted by molar-refractivity contribution is 5.94. The Morgan fingerprint density at radius 2 is 2.20 bits per heavy atom. The van der Waals surface area contributed by atoms with Crippen LogP contribution in [0.15, 0.2) is 24.3 Å². The molecule has 1 heterocycles. The summed E-state index contributed by atoms with van der Waals surface area (Å²) < 4.78 is 10.4. The average Bonchev–Trinajstić information content (AvgIpc) is 2.62. The van der Waals surface area contributed by atoms with Gasteiger partial charge in [0.25, 0.3) is 0 Å². The normalized spacial score (nSPS) is 17.4. The van der Waals surface area contributed by atoms with Gasteiger partial charge in [-0.2, -0.15) is 0 Å². The van der Waals surface area contributed by atoms with Gasteiger partial charge in [-0.05, 0) is 25.8 Å². The van der Waals surface area contributed by atoms with E-state index in [9.17, 15) is 9.59 Å². The number of carbonyl (C=O) groups excluding carboxylic acids is 2. The van der Waals surface area contributed by atoms with Gasteiger partial charge < -0.3 is 14.8 Å². The third kappa shape index (κ3) is 3.73. The van der Waals surface area contributed by atoms with Crippen LogP contribution < -0.4 is 10.1 Å². The monoisotopic (exact) mass is 277 g/mol. The molecular formula is C15H19NO4. The highest BCUT2D eigenvalue weighted by Crippen LogP contribution is 2.31. The van der Waals surface area contributed by atoms with E-state index < -0.39 is 5.97 Å². The first kappa shape index (κ1) is 14.4. The van der Waals surface area contributed by atoms with Crippen molar-refractivity contribution in [2.24, 2.45) is 0 Å². The second kappa shape index (κ2) is 6.93. The highest BCUT2D eigenvalue weighted by atomic mass is 16.5. The van der Waals surface area contributed by atoms with Crippen molar-refractivity contribution in [2.45, 2.75) is 32.2 Å². The maximum Gasteiger partial charge on any atom is 0.315 e. The van der Waals surface area contributed by atoms with E-state index in [0.29, 0.717) is 6.61 Å². The van der Waals surface area contributed by atoms with Gasteiger partial charge in [-0.15, -0.1) is 0 Å². The van der Waals surface area contributed by atoms with Gasteiger partial charge >= 0.3 is 5.97 Å². The van der Waals surface area contributed by atoms with Crippen LogP contribution >= 0.6 is 0 Å². The minimum atomic E-state index is -0.497. The smallest absolute Gasteiger partial charge is 0.315 e. The molecule has 108 valence electrons. The number of hydrogen-bond donors (Lipinski definition) is 1. The Hall–Kier alpha value is -2.04. The zero-order valence-electron chi connectivity index (χ0n) is 11.6. The highest BCUT2D eigenvalue weighted by Gasteiger charge is 2.22. The molecular weight excluding hydrogens is 258 g/mol. The molecule has 1 aliphatic heterocycles. The molecule has 2 rings (SSSR count). The molecule has 5 heteroatoms. The average molecular weight is 277 g/mol. The molecule has 0 radical (unpaired) electrons. The lowest BCUT2D eigenvalue weighted by atomic mass is 10.0. The maximum atomic E-state index is 11.9. The van der Waals surface area contributed by atoms with Crippen LogP contribution in [0.1, 0.15) is 37.8 Å². The van der Waals surface area contributed by atoms with E-state index in [0.717, 1.165) is 24.2 Å². The number of fused-ring (bicyclic) bond motifs is 1. The Balaban J connectivity index is 2.02. The first-order valence-corrected chi connectivity index (χ1v) is 6.87. The Bertz CT molecular complexity index is 487. The van der Waals surface area contributed by atoms with Crippen LogP contribution in [-0.4, -0.2) is 25.1 Å². The van der Waals surface area contributed by atoms with E-state index in [2.05, 4.69) is 5.32 Å². The van der Waals surface area contributed by atoms with Crippen molar-refractivity contribution < 1.29 is 19.1 Å². The number of ether oxygens (including phenoxy) is 2. The number of benzene rings is 1. The first-order chi connectivity index (χ1) is 9.70. The fourth-order valence-corrected chi connectivity index (χ4v) is 2.26. The molecule has 1 aliphatic rings. The third-order valence-corrected chi connectivity index (χ3v) is 3.13. The molecule has 1 atom stereocenters. The zero-order valence-corrected chi connectivity index (χ0v) is 11.6. The standard InChI is InChI=1S/C15H19NO4/c1-2-19-15(18)10-14(17)16-12-7-5-9-20-13-8-4-3-6-11(12)13/h3-4,6,8,12H,2,5,7,9-10H2,1H3,(H,16,17). The molecule has 1 unspecified atom stereocenters. The predicted octanol–water partition coefficient (Wildman–Crippen LogP) is 1.97. The van der Waals surface area contributed by atoms with Crippen LogP contribution in [0.25, 0.3) is 0 Å². The quantitative estimate of drug-likeness (QED) is 0.675. The molecule has 1 aromatic rings. The molecule has 0 aliphatic carbocycles. The molecule has 20 heavy (non-hydrogen) atoms. The van der Waals surface area contributed by atoms with Crippen LogP contribution in [0.2, 0.25) is 0 Å². The molecule has 1 N–H and O–H groups in total. The van der Waals surface area contributed by atoms with Crippen LogP contribution in [0.3, 0.4) is 0 Å². The lowest BCUT2D eigenvalue weighted by Crippen LogP contribution is -2.30.